The van der Waals surface area contributed by atoms with Crippen molar-refractivity contribution < 1.29 is 27.8 Å². The minimum atomic E-state index is -3.27. The summed E-state index contributed by atoms with van der Waals surface area (Å²) in [5.41, 5.74) is 2.97. The van der Waals surface area contributed by atoms with Gasteiger partial charge in [-0.3, -0.25) is 14.7 Å². The maximum Gasteiger partial charge on any atom is 0.315 e. The average molecular weight is 437 g/mol. The highest BCUT2D eigenvalue weighted by molar-refractivity contribution is 5.79. The van der Waals surface area contributed by atoms with Crippen LogP contribution in [0.3, 0.4) is 0 Å². The van der Waals surface area contributed by atoms with Crippen molar-refractivity contribution in [3.8, 4) is 11.1 Å². The first-order valence-electron chi connectivity index (χ1n) is 10.1. The number of pyridine rings is 1. The van der Waals surface area contributed by atoms with E-state index in [1.165, 1.54) is 0 Å². The minimum Gasteiger partial charge on any atom is -0.386 e. The number of hydrogen-bond donors (Lipinski definition) is 2. The Balaban J connectivity index is 1.67. The van der Waals surface area contributed by atoms with Gasteiger partial charge in [0.2, 0.25) is 0 Å². The number of morpholine rings is 1. The van der Waals surface area contributed by atoms with E-state index in [1.807, 2.05) is 17.4 Å². The highest BCUT2D eigenvalue weighted by atomic mass is 19.3. The van der Waals surface area contributed by atoms with Crippen LogP contribution in [-0.2, 0) is 9.53 Å². The van der Waals surface area contributed by atoms with E-state index in [1.54, 1.807) is 30.5 Å². The lowest BCUT2D eigenvalue weighted by molar-refractivity contribution is -0.133. The molecule has 1 amide bonds. The van der Waals surface area contributed by atoms with Crippen LogP contribution in [0.15, 0.2) is 42.6 Å². The molecule has 0 radical (unpaired) electrons. The monoisotopic (exact) mass is 437 g/mol. The number of aromatic nitrogens is 1. The minimum absolute atomic E-state index is 0.177. The lowest BCUT2D eigenvalue weighted by atomic mass is 9.99. The van der Waals surface area contributed by atoms with Crippen LogP contribution in [0.2, 0.25) is 0 Å². The molecule has 1 saturated heterocycles. The molecule has 168 valence electrons. The van der Waals surface area contributed by atoms with Crippen molar-refractivity contribution in [3.05, 3.63) is 53.9 Å². The van der Waals surface area contributed by atoms with Crippen LogP contribution < -0.4 is 5.32 Å². The van der Waals surface area contributed by atoms with E-state index in [0.717, 1.165) is 43.1 Å². The van der Waals surface area contributed by atoms with Crippen LogP contribution in [-0.4, -0.2) is 66.3 Å². The van der Waals surface area contributed by atoms with Crippen molar-refractivity contribution in [2.24, 2.45) is 0 Å². The van der Waals surface area contributed by atoms with Crippen molar-refractivity contribution in [1.29, 1.82) is 0 Å². The highest BCUT2D eigenvalue weighted by Gasteiger charge is 2.26. The summed E-state index contributed by atoms with van der Waals surface area (Å²) in [5.74, 6) is -1.62. The molecule has 2 N–H and O–H groups in total. The van der Waals surface area contributed by atoms with Gasteiger partial charge in [0, 0.05) is 30.9 Å². The number of alkyl halides is 3. The Kier molecular flexibility index (Phi) is 8.00. The van der Waals surface area contributed by atoms with Crippen molar-refractivity contribution in [1.82, 2.24) is 15.2 Å². The van der Waals surface area contributed by atoms with Crippen LogP contribution in [0.5, 0.6) is 0 Å². The van der Waals surface area contributed by atoms with E-state index in [2.05, 4.69) is 16.8 Å². The van der Waals surface area contributed by atoms with Gasteiger partial charge in [-0.25, -0.2) is 4.39 Å². The van der Waals surface area contributed by atoms with E-state index >= 15 is 0 Å². The molecule has 0 bridgehead atoms. The molecule has 2 aromatic rings. The Labute approximate surface area is 179 Å². The van der Waals surface area contributed by atoms with Gasteiger partial charge in [-0.1, -0.05) is 30.3 Å². The van der Waals surface area contributed by atoms with Crippen molar-refractivity contribution in [2.45, 2.75) is 31.5 Å². The second kappa shape index (κ2) is 10.7. The molecular formula is C22H26F3N3O3. The van der Waals surface area contributed by atoms with Crippen LogP contribution in [0.4, 0.5) is 13.2 Å². The molecular weight excluding hydrogens is 411 g/mol. The zero-order chi connectivity index (χ0) is 22.4. The van der Waals surface area contributed by atoms with Gasteiger partial charge in [0.15, 0.2) is 0 Å². The first-order valence-corrected chi connectivity index (χ1v) is 10.1. The first kappa shape index (κ1) is 23.2. The number of aliphatic hydroxyl groups excluding tert-OH is 1. The summed E-state index contributed by atoms with van der Waals surface area (Å²) in [6, 6.07) is 9.25. The smallest absolute Gasteiger partial charge is 0.315 e. The molecule has 9 heteroatoms. The Morgan fingerprint density at radius 2 is 1.81 bits per heavy atom. The number of amides is 1. The van der Waals surface area contributed by atoms with E-state index in [4.69, 9.17) is 4.74 Å². The highest BCUT2D eigenvalue weighted by Crippen LogP contribution is 2.26. The normalized spacial score (nSPS) is 17.9. The van der Waals surface area contributed by atoms with Gasteiger partial charge < -0.3 is 15.2 Å². The summed E-state index contributed by atoms with van der Waals surface area (Å²) in [6.07, 6.45) is -2.95. The van der Waals surface area contributed by atoms with Gasteiger partial charge in [0.05, 0.1) is 24.9 Å². The number of carbonyl (C=O) groups is 1. The zero-order valence-corrected chi connectivity index (χ0v) is 17.2. The van der Waals surface area contributed by atoms with Gasteiger partial charge in [-0.2, -0.15) is 8.78 Å². The van der Waals surface area contributed by atoms with Gasteiger partial charge in [0.1, 0.15) is 12.8 Å². The van der Waals surface area contributed by atoms with Crippen molar-refractivity contribution in [3.63, 3.8) is 0 Å². The Hall–Kier alpha value is -2.49. The van der Waals surface area contributed by atoms with Crippen LogP contribution in [0.25, 0.3) is 11.1 Å². The Morgan fingerprint density at radius 1 is 1.16 bits per heavy atom. The van der Waals surface area contributed by atoms with Crippen LogP contribution >= 0.6 is 0 Å². The van der Waals surface area contributed by atoms with Crippen LogP contribution in [0, 0.1) is 0 Å². The summed E-state index contributed by atoms with van der Waals surface area (Å²) in [5, 5.41) is 12.1. The third-order valence-electron chi connectivity index (χ3n) is 5.47. The molecule has 1 aliphatic rings. The number of halogens is 3. The zero-order valence-electron chi connectivity index (χ0n) is 17.2. The fourth-order valence-electron chi connectivity index (χ4n) is 3.53. The average Bonchev–Trinajstić information content (AvgIpc) is 2.82. The number of ether oxygens (including phenoxy) is 1. The Bertz CT molecular complexity index is 843. The molecule has 1 aromatic heterocycles. The number of nitrogens with zero attached hydrogens (tertiary/aromatic N) is 2. The molecule has 1 fully saturated rings. The second-order valence-corrected chi connectivity index (χ2v) is 7.43. The molecule has 2 heterocycles. The predicted octanol–water partition coefficient (Wildman–Crippen LogP) is 2.89. The summed E-state index contributed by atoms with van der Waals surface area (Å²) >= 11 is 0. The van der Waals surface area contributed by atoms with Crippen molar-refractivity contribution in [2.75, 3.05) is 33.0 Å². The molecule has 3 unspecified atom stereocenters. The lowest BCUT2D eigenvalue weighted by Crippen LogP contribution is -2.43. The summed E-state index contributed by atoms with van der Waals surface area (Å²) < 4.78 is 43.3. The summed E-state index contributed by atoms with van der Waals surface area (Å²) in [4.78, 5) is 18.0. The molecule has 0 spiro atoms. The predicted molar refractivity (Wildman–Crippen MR) is 109 cm³/mol. The molecule has 3 atom stereocenters. The van der Waals surface area contributed by atoms with E-state index in [-0.39, 0.29) is 6.04 Å². The van der Waals surface area contributed by atoms with Gasteiger partial charge >= 0.3 is 6.43 Å². The maximum absolute atomic E-state index is 13.2. The molecule has 3 rings (SSSR count). The van der Waals surface area contributed by atoms with Crippen LogP contribution in [0.1, 0.15) is 30.3 Å². The first-order chi connectivity index (χ1) is 14.9. The van der Waals surface area contributed by atoms with Crippen molar-refractivity contribution >= 4 is 5.91 Å². The molecule has 1 aliphatic heterocycles. The van der Waals surface area contributed by atoms with Gasteiger partial charge in [-0.15, -0.1) is 0 Å². The molecule has 31 heavy (non-hydrogen) atoms. The number of aliphatic hydroxyl groups is 1. The second-order valence-electron chi connectivity index (χ2n) is 7.43. The number of nitrogens with one attached hydrogen (secondary N) is 1. The number of rotatable bonds is 8. The number of carbonyl (C=O) groups excluding carboxylic acids is 1. The standard InChI is InChI=1S/C22H26F3N3O3/c1-14(28-8-10-31-11-9-28)18-7-6-17(13-26-18)15-2-4-16(5-3-15)20(29)19(12-23)27-22(30)21(24)25/h2-7,13-14,19-21,29H,8-12H2,1H3,(H,27,30). The van der Waals surface area contributed by atoms with E-state index < -0.39 is 31.2 Å². The largest absolute Gasteiger partial charge is 0.386 e. The molecule has 0 saturated carbocycles. The third-order valence-corrected chi connectivity index (χ3v) is 5.47. The number of benzene rings is 1. The van der Waals surface area contributed by atoms with Gasteiger partial charge in [0.25, 0.3) is 5.91 Å². The Morgan fingerprint density at radius 3 is 2.35 bits per heavy atom. The quantitative estimate of drug-likeness (QED) is 0.664. The summed E-state index contributed by atoms with van der Waals surface area (Å²) in [6.45, 7) is 4.11. The lowest BCUT2D eigenvalue weighted by Gasteiger charge is -2.31. The fourth-order valence-corrected chi connectivity index (χ4v) is 3.53. The van der Waals surface area contributed by atoms with E-state index in [9.17, 15) is 23.1 Å². The van der Waals surface area contributed by atoms with Gasteiger partial charge in [-0.05, 0) is 24.1 Å². The molecule has 6 nitrogen and oxygen atoms in total. The summed E-state index contributed by atoms with van der Waals surface area (Å²) in [7, 11) is 0. The maximum atomic E-state index is 13.2. The third kappa shape index (κ3) is 5.81. The topological polar surface area (TPSA) is 74.7 Å². The molecule has 0 aliphatic carbocycles. The molecule has 1 aromatic carbocycles. The van der Waals surface area contributed by atoms with E-state index in [0.29, 0.717) is 5.56 Å². The number of hydrogen-bond acceptors (Lipinski definition) is 5. The fraction of sp³-hybridized carbons (Fsp3) is 0.455. The SMILES string of the molecule is CC(c1ccc(-c2ccc(C(O)C(CF)NC(=O)C(F)F)cc2)cn1)N1CCOCC1.